The number of hydrogen-bond donors (Lipinski definition) is 0. The van der Waals surface area contributed by atoms with Crippen molar-refractivity contribution in [1.29, 1.82) is 0 Å². The average molecular weight is 1180 g/mol. The lowest BCUT2D eigenvalue weighted by molar-refractivity contribution is 1.53. The molecule has 0 saturated heterocycles. The van der Waals surface area contributed by atoms with Crippen LogP contribution in [0.4, 0.5) is 0 Å². The average Bonchev–Trinajstić information content (AvgIpc) is 2.70. The topological polar surface area (TPSA) is 0 Å². The van der Waals surface area contributed by atoms with E-state index in [4.69, 9.17) is 0 Å². The van der Waals surface area contributed by atoms with Crippen LogP contribution in [0.2, 0.25) is 0 Å². The van der Waals surface area contributed by atoms with Crippen LogP contribution >= 0.6 is 191 Å². The number of hydrogen-bond acceptors (Lipinski definition) is 0. The van der Waals surface area contributed by atoms with Crippen molar-refractivity contribution in [3.05, 3.63) is 53.7 Å². The van der Waals surface area contributed by atoms with Gasteiger partial charge in [-0.25, -0.2) is 0 Å². The Hall–Kier alpha value is 3.42. The summed E-state index contributed by atoms with van der Waals surface area (Å²) in [4.78, 5) is 0. The molecule has 4 rings (SSSR count). The molecule has 30 heavy (non-hydrogen) atoms. The zero-order valence-electron chi connectivity index (χ0n) is 13.5. The van der Waals surface area contributed by atoms with Gasteiger partial charge in [0.25, 0.3) is 0 Å². The Labute approximate surface area is 272 Å². The van der Waals surface area contributed by atoms with E-state index in [0.717, 1.165) is 86.0 Å². The molecule has 0 radical (unpaired) electrons. The summed E-state index contributed by atoms with van der Waals surface area (Å²) < 4.78 is 11.4. The first-order valence-corrected chi connectivity index (χ1v) is 17.0. The van der Waals surface area contributed by atoms with Crippen molar-refractivity contribution in [1.82, 2.24) is 0 Å². The molecule has 0 aliphatic carbocycles. The SMILES string of the molecule is Brc1c(Br)c(Br)c2c(Br)c3c(Br)c4c(Br)c(Br)c(Br)c(Br)c4c(Br)c3c(Br)c2c1Br. The summed E-state index contributed by atoms with van der Waals surface area (Å²) in [5.41, 5.74) is 0. The van der Waals surface area contributed by atoms with E-state index >= 15 is 0 Å². The summed E-state index contributed by atoms with van der Waals surface area (Å²) in [5.74, 6) is 0. The van der Waals surface area contributed by atoms with Gasteiger partial charge in [-0.3, -0.25) is 0 Å². The minimum absolute atomic E-state index is 0.931. The van der Waals surface area contributed by atoms with Crippen molar-refractivity contribution >= 4 is 223 Å². The molecule has 0 spiro atoms. The molecule has 0 N–H and O–H groups in total. The smallest absolute Gasteiger partial charge is 0.0477 e. The van der Waals surface area contributed by atoms with Gasteiger partial charge in [-0.05, 0) is 191 Å². The summed E-state index contributed by atoms with van der Waals surface area (Å²) in [7, 11) is 0. The van der Waals surface area contributed by atoms with E-state index < -0.39 is 0 Å². The van der Waals surface area contributed by atoms with E-state index in [2.05, 4.69) is 191 Å². The van der Waals surface area contributed by atoms with Gasteiger partial charge in [-0.15, -0.1) is 0 Å². The Kier molecular flexibility index (Phi) is 8.57. The van der Waals surface area contributed by atoms with Gasteiger partial charge in [0.1, 0.15) is 0 Å². The molecule has 0 nitrogen and oxygen atoms in total. The minimum Gasteiger partial charge on any atom is -0.0494 e. The summed E-state index contributed by atoms with van der Waals surface area (Å²) in [6, 6.07) is 0. The van der Waals surface area contributed by atoms with E-state index in [1.165, 1.54) is 0 Å². The van der Waals surface area contributed by atoms with Gasteiger partial charge >= 0.3 is 0 Å². The second kappa shape index (κ2) is 9.71. The molecule has 0 atom stereocenters. The molecule has 0 fully saturated rings. The highest BCUT2D eigenvalue weighted by Gasteiger charge is 2.27. The Balaban J connectivity index is 2.49. The summed E-state index contributed by atoms with van der Waals surface area (Å²) in [6.07, 6.45) is 0. The molecule has 0 amide bonds. The van der Waals surface area contributed by atoms with Crippen LogP contribution in [0.25, 0.3) is 32.3 Å². The maximum Gasteiger partial charge on any atom is 0.0477 e. The number of halogens is 12. The van der Waals surface area contributed by atoms with Crippen LogP contribution in [-0.4, -0.2) is 0 Å². The molecule has 0 aliphatic rings. The molecule has 0 heterocycles. The highest BCUT2D eigenvalue weighted by Crippen LogP contribution is 2.57. The predicted octanol–water partition coefficient (Wildman–Crippen LogP) is 14.3. The third-order valence-corrected chi connectivity index (χ3v) is 17.2. The van der Waals surface area contributed by atoms with E-state index in [1.807, 2.05) is 0 Å². The number of fused-ring (bicyclic) bond motifs is 3. The van der Waals surface area contributed by atoms with Crippen LogP contribution in [-0.2, 0) is 0 Å². The standard InChI is InChI=1S/C18Br12/c19-7-1-2(9(21)5-3(7)11(23)15(27)17(29)13(5)25)10(22)6-4(8(1)20)12(24)16(28)18(30)14(6)26. The Morgan fingerprint density at radius 1 is 0.167 bits per heavy atom. The fourth-order valence-corrected chi connectivity index (χ4v) is 13.0. The van der Waals surface area contributed by atoms with Crippen molar-refractivity contribution < 1.29 is 0 Å². The maximum atomic E-state index is 3.90. The first kappa shape index (κ1) is 26.5. The van der Waals surface area contributed by atoms with Crippen LogP contribution < -0.4 is 0 Å². The molecule has 0 bridgehead atoms. The van der Waals surface area contributed by atoms with Crippen molar-refractivity contribution in [3.8, 4) is 0 Å². The molecule has 0 aromatic heterocycles. The van der Waals surface area contributed by atoms with Crippen molar-refractivity contribution in [2.45, 2.75) is 0 Å². The fraction of sp³-hybridized carbons (Fsp3) is 0. The van der Waals surface area contributed by atoms with Gasteiger partial charge in [-0.2, -0.15) is 0 Å². The van der Waals surface area contributed by atoms with Gasteiger partial charge in [-0.1, -0.05) is 0 Å². The van der Waals surface area contributed by atoms with E-state index in [9.17, 15) is 0 Å². The van der Waals surface area contributed by atoms with Gasteiger partial charge in [0, 0.05) is 86.0 Å². The highest BCUT2D eigenvalue weighted by atomic mass is 79.9. The third kappa shape index (κ3) is 3.80. The van der Waals surface area contributed by atoms with Crippen LogP contribution in [0, 0.1) is 0 Å². The molecule has 0 aliphatic heterocycles. The lowest BCUT2D eigenvalue weighted by Gasteiger charge is -2.21. The molecule has 12 heteroatoms. The second-order valence-electron chi connectivity index (χ2n) is 6.02. The molecule has 0 saturated carbocycles. The molecular formula is C18Br12. The van der Waals surface area contributed by atoms with Gasteiger partial charge < -0.3 is 0 Å². The van der Waals surface area contributed by atoms with Crippen molar-refractivity contribution in [3.63, 3.8) is 0 Å². The number of benzene rings is 4. The van der Waals surface area contributed by atoms with Gasteiger partial charge in [0.15, 0.2) is 0 Å². The Bertz CT molecular complexity index is 1240. The zero-order chi connectivity index (χ0) is 22.4. The molecule has 0 unspecified atom stereocenters. The van der Waals surface area contributed by atoms with Crippen LogP contribution in [0.1, 0.15) is 0 Å². The van der Waals surface area contributed by atoms with Gasteiger partial charge in [0.2, 0.25) is 0 Å². The maximum absolute atomic E-state index is 3.90. The lowest BCUT2D eigenvalue weighted by atomic mass is 9.99. The quantitative estimate of drug-likeness (QED) is 0.0935. The molecular weight excluding hydrogens is 1180 g/mol. The van der Waals surface area contributed by atoms with E-state index in [0.29, 0.717) is 0 Å². The summed E-state index contributed by atoms with van der Waals surface area (Å²) in [5, 5.41) is 6.23. The third-order valence-electron chi connectivity index (χ3n) is 4.54. The van der Waals surface area contributed by atoms with Crippen LogP contribution in [0.3, 0.4) is 0 Å². The van der Waals surface area contributed by atoms with Crippen molar-refractivity contribution in [2.24, 2.45) is 0 Å². The molecule has 156 valence electrons. The molecule has 4 aromatic rings. The fourth-order valence-electron chi connectivity index (χ4n) is 3.22. The summed E-state index contributed by atoms with van der Waals surface area (Å²) >= 11 is 45.4. The largest absolute Gasteiger partial charge is 0.0494 e. The monoisotopic (exact) mass is 1160 g/mol. The first-order chi connectivity index (χ1) is 13.9. The first-order valence-electron chi connectivity index (χ1n) is 7.52. The molecule has 4 aromatic carbocycles. The van der Waals surface area contributed by atoms with Crippen LogP contribution in [0.5, 0.6) is 0 Å². The summed E-state index contributed by atoms with van der Waals surface area (Å²) in [6.45, 7) is 0. The Morgan fingerprint density at radius 3 is 0.467 bits per heavy atom. The Morgan fingerprint density at radius 2 is 0.300 bits per heavy atom. The number of rotatable bonds is 0. The van der Waals surface area contributed by atoms with Crippen LogP contribution in [0.15, 0.2) is 53.7 Å². The normalized spacial score (nSPS) is 12.0. The lowest BCUT2D eigenvalue weighted by Crippen LogP contribution is -1.94. The second-order valence-corrected chi connectivity index (χ2v) is 15.5. The minimum atomic E-state index is 0.931. The van der Waals surface area contributed by atoms with Gasteiger partial charge in [0.05, 0.1) is 0 Å². The zero-order valence-corrected chi connectivity index (χ0v) is 32.6. The highest BCUT2D eigenvalue weighted by molar-refractivity contribution is 9.16. The van der Waals surface area contributed by atoms with E-state index in [1.54, 1.807) is 0 Å². The van der Waals surface area contributed by atoms with E-state index in [-0.39, 0.29) is 0 Å². The predicted molar refractivity (Wildman–Crippen MR) is 171 cm³/mol. The van der Waals surface area contributed by atoms with Crippen molar-refractivity contribution in [2.75, 3.05) is 0 Å².